The van der Waals surface area contributed by atoms with Crippen LogP contribution in [0.4, 0.5) is 0 Å². The van der Waals surface area contributed by atoms with Gasteiger partial charge in [-0.25, -0.2) is 8.42 Å². The van der Waals surface area contributed by atoms with E-state index in [1.165, 1.54) is 11.8 Å². The predicted molar refractivity (Wildman–Crippen MR) is 109 cm³/mol. The molecule has 0 aliphatic rings. The summed E-state index contributed by atoms with van der Waals surface area (Å²) < 4.78 is 22.5. The van der Waals surface area contributed by atoms with Gasteiger partial charge >= 0.3 is 0 Å². The number of nitrogens with zero attached hydrogens (tertiary/aromatic N) is 1. The smallest absolute Gasteiger partial charge is 0.191 e. The summed E-state index contributed by atoms with van der Waals surface area (Å²) in [7, 11) is -1.47. The molecule has 0 bridgehead atoms. The zero-order valence-corrected chi connectivity index (χ0v) is 17.8. The standard InChI is InChI=1S/C15H24ClN3O2S.HI/c1-15(2,22(4,20)21)11-19-14(17-3)18-10-9-12-5-7-13(16)8-6-12;/h5-8H,9-11H2,1-4H3,(H2,17,18,19);1H. The molecule has 0 aromatic heterocycles. The van der Waals surface area contributed by atoms with Crippen LogP contribution < -0.4 is 10.6 Å². The lowest BCUT2D eigenvalue weighted by molar-refractivity contribution is 0.544. The first-order chi connectivity index (χ1) is 10.2. The van der Waals surface area contributed by atoms with Crippen molar-refractivity contribution in [1.82, 2.24) is 10.6 Å². The van der Waals surface area contributed by atoms with Crippen molar-refractivity contribution >= 4 is 51.4 Å². The van der Waals surface area contributed by atoms with Crippen LogP contribution in [0.5, 0.6) is 0 Å². The summed E-state index contributed by atoms with van der Waals surface area (Å²) in [6.45, 7) is 4.37. The Morgan fingerprint density at radius 2 is 1.78 bits per heavy atom. The van der Waals surface area contributed by atoms with Crippen LogP contribution in [0.15, 0.2) is 29.3 Å². The zero-order valence-electron chi connectivity index (χ0n) is 13.9. The molecule has 0 aliphatic heterocycles. The maximum Gasteiger partial charge on any atom is 0.191 e. The van der Waals surface area contributed by atoms with E-state index in [9.17, 15) is 8.42 Å². The van der Waals surface area contributed by atoms with Crippen LogP contribution in [-0.2, 0) is 16.3 Å². The van der Waals surface area contributed by atoms with Crippen molar-refractivity contribution in [2.45, 2.75) is 25.0 Å². The summed E-state index contributed by atoms with van der Waals surface area (Å²) in [6, 6.07) is 7.68. The molecule has 0 aliphatic carbocycles. The molecule has 1 aromatic carbocycles. The van der Waals surface area contributed by atoms with Gasteiger partial charge in [0.05, 0.1) is 4.75 Å². The Bertz CT molecular complexity index is 616. The van der Waals surface area contributed by atoms with E-state index in [0.717, 1.165) is 11.4 Å². The first-order valence-corrected chi connectivity index (χ1v) is 9.31. The molecule has 5 nitrogen and oxygen atoms in total. The third-order valence-electron chi connectivity index (χ3n) is 3.53. The van der Waals surface area contributed by atoms with Crippen molar-refractivity contribution in [2.24, 2.45) is 4.99 Å². The third-order valence-corrected chi connectivity index (χ3v) is 5.93. The summed E-state index contributed by atoms with van der Waals surface area (Å²) >= 11 is 5.85. The van der Waals surface area contributed by atoms with Crippen LogP contribution in [0.3, 0.4) is 0 Å². The minimum absolute atomic E-state index is 0. The van der Waals surface area contributed by atoms with E-state index in [-0.39, 0.29) is 24.0 Å². The highest BCUT2D eigenvalue weighted by Crippen LogP contribution is 2.13. The van der Waals surface area contributed by atoms with Crippen LogP contribution in [-0.4, -0.2) is 45.5 Å². The third kappa shape index (κ3) is 7.71. The first-order valence-electron chi connectivity index (χ1n) is 7.04. The van der Waals surface area contributed by atoms with Crippen molar-refractivity contribution in [3.05, 3.63) is 34.9 Å². The molecule has 0 spiro atoms. The summed E-state index contributed by atoms with van der Waals surface area (Å²) in [6.07, 6.45) is 2.07. The van der Waals surface area contributed by atoms with Crippen molar-refractivity contribution in [2.75, 3.05) is 26.4 Å². The molecule has 0 saturated heterocycles. The van der Waals surface area contributed by atoms with Crippen molar-refractivity contribution in [3.63, 3.8) is 0 Å². The molecule has 0 fully saturated rings. The topological polar surface area (TPSA) is 70.6 Å². The van der Waals surface area contributed by atoms with Gasteiger partial charge in [0, 0.05) is 31.4 Å². The normalized spacial score (nSPS) is 12.5. The van der Waals surface area contributed by atoms with Gasteiger partial charge in [-0.05, 0) is 38.0 Å². The Hall–Kier alpha value is -0.540. The molecule has 0 atom stereocenters. The first kappa shape index (κ1) is 22.5. The van der Waals surface area contributed by atoms with E-state index in [1.54, 1.807) is 20.9 Å². The van der Waals surface area contributed by atoms with Crippen molar-refractivity contribution < 1.29 is 8.42 Å². The molecule has 23 heavy (non-hydrogen) atoms. The Balaban J connectivity index is 0.00000484. The molecule has 2 N–H and O–H groups in total. The number of halogens is 2. The predicted octanol–water partition coefficient (Wildman–Crippen LogP) is 2.49. The molecule has 0 saturated carbocycles. The fourth-order valence-corrected chi connectivity index (χ4v) is 2.08. The Labute approximate surface area is 161 Å². The Morgan fingerprint density at radius 3 is 2.26 bits per heavy atom. The molecular weight excluding hydrogens is 449 g/mol. The van der Waals surface area contributed by atoms with Gasteiger partial charge in [0.25, 0.3) is 0 Å². The summed E-state index contributed by atoms with van der Waals surface area (Å²) in [5.74, 6) is 0.589. The number of hydrogen-bond acceptors (Lipinski definition) is 3. The van der Waals surface area contributed by atoms with Crippen molar-refractivity contribution in [1.29, 1.82) is 0 Å². The summed E-state index contributed by atoms with van der Waals surface area (Å²) in [4.78, 5) is 4.10. The fraction of sp³-hybridized carbons (Fsp3) is 0.533. The van der Waals surface area contributed by atoms with E-state index < -0.39 is 14.6 Å². The van der Waals surface area contributed by atoms with E-state index in [1.807, 2.05) is 24.3 Å². The lowest BCUT2D eigenvalue weighted by atomic mass is 10.1. The van der Waals surface area contributed by atoms with Crippen LogP contribution in [0.1, 0.15) is 19.4 Å². The zero-order chi connectivity index (χ0) is 16.8. The second-order valence-corrected chi connectivity index (χ2v) is 8.85. The SMILES string of the molecule is CN=C(NCCc1ccc(Cl)cc1)NCC(C)(C)S(C)(=O)=O.I. The number of guanidine groups is 1. The van der Waals surface area contributed by atoms with E-state index in [4.69, 9.17) is 11.6 Å². The highest BCUT2D eigenvalue weighted by molar-refractivity contribution is 14.0. The van der Waals surface area contributed by atoms with Gasteiger partial charge in [-0.3, -0.25) is 4.99 Å². The van der Waals surface area contributed by atoms with Gasteiger partial charge in [0.15, 0.2) is 15.8 Å². The minimum atomic E-state index is -3.13. The average molecular weight is 474 g/mol. The highest BCUT2D eigenvalue weighted by atomic mass is 127. The highest BCUT2D eigenvalue weighted by Gasteiger charge is 2.30. The van der Waals surface area contributed by atoms with Gasteiger partial charge in [0.1, 0.15) is 0 Å². The van der Waals surface area contributed by atoms with Crippen LogP contribution in [0.25, 0.3) is 0 Å². The maximum atomic E-state index is 11.7. The van der Waals surface area contributed by atoms with Crippen molar-refractivity contribution in [3.8, 4) is 0 Å². The van der Waals surface area contributed by atoms with Gasteiger partial charge < -0.3 is 10.6 Å². The Kier molecular flexibility index (Phi) is 9.46. The van der Waals surface area contributed by atoms with Gasteiger partial charge in [-0.1, -0.05) is 23.7 Å². The molecule has 0 amide bonds. The van der Waals surface area contributed by atoms with E-state index >= 15 is 0 Å². The second-order valence-electron chi connectivity index (χ2n) is 5.76. The number of rotatable bonds is 6. The molecular formula is C15H25ClIN3O2S. The lowest BCUT2D eigenvalue weighted by Crippen LogP contribution is -2.48. The molecule has 0 radical (unpaired) electrons. The number of hydrogen-bond donors (Lipinski definition) is 2. The van der Waals surface area contributed by atoms with Crippen LogP contribution >= 0.6 is 35.6 Å². The van der Waals surface area contributed by atoms with Crippen LogP contribution in [0, 0.1) is 0 Å². The van der Waals surface area contributed by atoms with Gasteiger partial charge in [-0.15, -0.1) is 24.0 Å². The maximum absolute atomic E-state index is 11.7. The van der Waals surface area contributed by atoms with Crippen LogP contribution in [0.2, 0.25) is 5.02 Å². The number of nitrogens with one attached hydrogen (secondary N) is 2. The van der Waals surface area contributed by atoms with E-state index in [2.05, 4.69) is 15.6 Å². The molecule has 0 heterocycles. The summed E-state index contributed by atoms with van der Waals surface area (Å²) in [5, 5.41) is 6.94. The second kappa shape index (κ2) is 9.68. The van der Waals surface area contributed by atoms with E-state index in [0.29, 0.717) is 19.0 Å². The summed E-state index contributed by atoms with van der Waals surface area (Å²) in [5.41, 5.74) is 1.17. The number of aliphatic imine (C=N–C) groups is 1. The molecule has 132 valence electrons. The molecule has 1 aromatic rings. The molecule has 8 heteroatoms. The van der Waals surface area contributed by atoms with Gasteiger partial charge in [-0.2, -0.15) is 0 Å². The fourth-order valence-electron chi connectivity index (χ4n) is 1.62. The average Bonchev–Trinajstić information content (AvgIpc) is 2.43. The Morgan fingerprint density at radius 1 is 1.22 bits per heavy atom. The molecule has 1 rings (SSSR count). The minimum Gasteiger partial charge on any atom is -0.356 e. The lowest BCUT2D eigenvalue weighted by Gasteiger charge is -2.24. The monoisotopic (exact) mass is 473 g/mol. The quantitative estimate of drug-likeness (QED) is 0.378. The molecule has 0 unspecified atom stereocenters. The largest absolute Gasteiger partial charge is 0.356 e. The number of sulfone groups is 1. The number of benzene rings is 1. The van der Waals surface area contributed by atoms with Gasteiger partial charge in [0.2, 0.25) is 0 Å².